The van der Waals surface area contributed by atoms with Crippen LogP contribution in [0.4, 0.5) is 0 Å². The molecular formula is C20H20N2OS. The molecule has 4 heteroatoms. The second-order valence-corrected chi connectivity index (χ2v) is 8.56. The molecule has 24 heavy (non-hydrogen) atoms. The number of carbonyl (C=O) groups is 1. The molecule has 0 radical (unpaired) electrons. The van der Waals surface area contributed by atoms with E-state index in [1.54, 1.807) is 11.8 Å². The van der Waals surface area contributed by atoms with Crippen LogP contribution in [0.5, 0.6) is 0 Å². The highest BCUT2D eigenvalue weighted by atomic mass is 32.2. The third-order valence-electron chi connectivity index (χ3n) is 5.08. The first-order valence-corrected chi connectivity index (χ1v) is 9.36. The Hall–Kier alpha value is -1.99. The highest BCUT2D eigenvalue weighted by molar-refractivity contribution is 8.03. The Labute approximate surface area is 147 Å². The fourth-order valence-electron chi connectivity index (χ4n) is 4.12. The van der Waals surface area contributed by atoms with Crippen LogP contribution in [0.1, 0.15) is 38.2 Å². The van der Waals surface area contributed by atoms with E-state index in [0.29, 0.717) is 6.42 Å². The largest absolute Gasteiger partial charge is 0.338 e. The zero-order valence-corrected chi connectivity index (χ0v) is 14.8. The van der Waals surface area contributed by atoms with Crippen LogP contribution >= 0.6 is 11.8 Å². The Morgan fingerprint density at radius 1 is 1.25 bits per heavy atom. The number of nitriles is 1. The van der Waals surface area contributed by atoms with E-state index in [-0.39, 0.29) is 17.1 Å². The molecule has 2 heterocycles. The van der Waals surface area contributed by atoms with Crippen molar-refractivity contribution >= 4 is 17.5 Å². The average molecular weight is 336 g/mol. The summed E-state index contributed by atoms with van der Waals surface area (Å²) in [6.07, 6.45) is 1.46. The van der Waals surface area contributed by atoms with Crippen molar-refractivity contribution in [3.8, 4) is 6.07 Å². The lowest BCUT2D eigenvalue weighted by atomic mass is 9.69. The molecule has 1 aromatic carbocycles. The predicted molar refractivity (Wildman–Crippen MR) is 96.0 cm³/mol. The van der Waals surface area contributed by atoms with Gasteiger partial charge in [0.1, 0.15) is 0 Å². The number of Topliss-reactive ketones (excluding diaryl/α,β-unsaturated/α-hetero) is 1. The van der Waals surface area contributed by atoms with Gasteiger partial charge in [0, 0.05) is 30.0 Å². The molecule has 1 saturated heterocycles. The van der Waals surface area contributed by atoms with Gasteiger partial charge in [-0.05, 0) is 17.4 Å². The van der Waals surface area contributed by atoms with Crippen LogP contribution in [0.15, 0.2) is 52.2 Å². The second-order valence-electron chi connectivity index (χ2n) is 7.48. The number of hydrogen-bond donors (Lipinski definition) is 0. The molecule has 122 valence electrons. The topological polar surface area (TPSA) is 44.1 Å². The van der Waals surface area contributed by atoms with Crippen LogP contribution < -0.4 is 0 Å². The summed E-state index contributed by atoms with van der Waals surface area (Å²) in [4.78, 5) is 15.3. The molecular weight excluding hydrogens is 316 g/mol. The maximum Gasteiger partial charge on any atom is 0.162 e. The molecule has 3 aliphatic rings. The molecule has 0 N–H and O–H groups in total. The lowest BCUT2D eigenvalue weighted by Crippen LogP contribution is -2.38. The standard InChI is InChI=1S/C20H20N2OS/c1-20(2)10-15-18(16(23)11-20)17(13-6-4-3-5-7-13)14(12-21)19-22(15)8-9-24-19/h3-7,17H,8-11H2,1-2H3/t17-/m0/s1. The van der Waals surface area contributed by atoms with Crippen LogP contribution in [0, 0.1) is 16.7 Å². The van der Waals surface area contributed by atoms with Crippen molar-refractivity contribution in [1.82, 2.24) is 4.90 Å². The van der Waals surface area contributed by atoms with Crippen LogP contribution in [-0.4, -0.2) is 23.0 Å². The third-order valence-corrected chi connectivity index (χ3v) is 6.18. The first kappa shape index (κ1) is 15.5. The van der Waals surface area contributed by atoms with Crippen molar-refractivity contribution in [2.75, 3.05) is 12.3 Å². The van der Waals surface area contributed by atoms with Gasteiger partial charge in [-0.15, -0.1) is 11.8 Å². The van der Waals surface area contributed by atoms with Crippen LogP contribution in [0.2, 0.25) is 0 Å². The smallest absolute Gasteiger partial charge is 0.162 e. The van der Waals surface area contributed by atoms with Crippen molar-refractivity contribution in [3.05, 3.63) is 57.8 Å². The minimum absolute atomic E-state index is 0.0142. The van der Waals surface area contributed by atoms with E-state index in [4.69, 9.17) is 0 Å². The predicted octanol–water partition coefficient (Wildman–Crippen LogP) is 4.21. The Morgan fingerprint density at radius 3 is 2.71 bits per heavy atom. The summed E-state index contributed by atoms with van der Waals surface area (Å²) >= 11 is 1.75. The van der Waals surface area contributed by atoms with Crippen LogP contribution in [-0.2, 0) is 4.79 Å². The number of thioether (sulfide) groups is 1. The van der Waals surface area contributed by atoms with Crippen LogP contribution in [0.25, 0.3) is 0 Å². The van der Waals surface area contributed by atoms with Crippen LogP contribution in [0.3, 0.4) is 0 Å². The molecule has 0 amide bonds. The molecule has 3 nitrogen and oxygen atoms in total. The SMILES string of the molecule is CC1(C)CC(=O)C2=C(C1)N1CCSC1=C(C#N)[C@@H]2c1ccccc1. The van der Waals surface area contributed by atoms with E-state index in [0.717, 1.165) is 46.2 Å². The molecule has 1 aliphatic carbocycles. The zero-order valence-electron chi connectivity index (χ0n) is 14.0. The summed E-state index contributed by atoms with van der Waals surface area (Å²) < 4.78 is 0. The van der Waals surface area contributed by atoms with E-state index in [2.05, 4.69) is 24.8 Å². The normalized spacial score (nSPS) is 25.5. The van der Waals surface area contributed by atoms with Gasteiger partial charge in [-0.1, -0.05) is 44.2 Å². The van der Waals surface area contributed by atoms with Crippen molar-refractivity contribution in [2.45, 2.75) is 32.6 Å². The maximum absolute atomic E-state index is 13.1. The average Bonchev–Trinajstić information content (AvgIpc) is 3.03. The van der Waals surface area contributed by atoms with Crippen molar-refractivity contribution in [1.29, 1.82) is 5.26 Å². The minimum atomic E-state index is -0.202. The van der Waals surface area contributed by atoms with Gasteiger partial charge in [0.25, 0.3) is 0 Å². The number of fused-ring (bicyclic) bond motifs is 2. The Kier molecular flexibility index (Phi) is 3.58. The van der Waals surface area contributed by atoms with Crippen molar-refractivity contribution < 1.29 is 4.79 Å². The molecule has 4 rings (SSSR count). The lowest BCUT2D eigenvalue weighted by Gasteiger charge is -2.42. The number of benzene rings is 1. The first-order chi connectivity index (χ1) is 11.5. The molecule has 0 bridgehead atoms. The number of rotatable bonds is 1. The first-order valence-electron chi connectivity index (χ1n) is 8.37. The quantitative estimate of drug-likeness (QED) is 0.770. The third kappa shape index (κ3) is 2.31. The van der Waals surface area contributed by atoms with E-state index in [1.807, 2.05) is 30.3 Å². The van der Waals surface area contributed by atoms with E-state index in [9.17, 15) is 10.1 Å². The fourth-order valence-corrected chi connectivity index (χ4v) is 5.27. The van der Waals surface area contributed by atoms with Gasteiger partial charge in [0.05, 0.1) is 22.6 Å². The molecule has 2 aliphatic heterocycles. The molecule has 0 saturated carbocycles. The van der Waals surface area contributed by atoms with Gasteiger partial charge in [-0.3, -0.25) is 4.79 Å². The molecule has 1 fully saturated rings. The fraction of sp³-hybridized carbons (Fsp3) is 0.400. The monoisotopic (exact) mass is 336 g/mol. The van der Waals surface area contributed by atoms with E-state index >= 15 is 0 Å². The summed E-state index contributed by atoms with van der Waals surface area (Å²) in [6, 6.07) is 12.5. The van der Waals surface area contributed by atoms with Gasteiger partial charge < -0.3 is 4.90 Å². The minimum Gasteiger partial charge on any atom is -0.338 e. The molecule has 1 atom stereocenters. The molecule has 0 spiro atoms. The summed E-state index contributed by atoms with van der Waals surface area (Å²) in [7, 11) is 0. The number of allylic oxidation sites excluding steroid dienone is 3. The molecule has 1 aromatic rings. The van der Waals surface area contributed by atoms with Crippen molar-refractivity contribution in [2.24, 2.45) is 5.41 Å². The van der Waals surface area contributed by atoms with Crippen molar-refractivity contribution in [3.63, 3.8) is 0 Å². The number of carbonyl (C=O) groups excluding carboxylic acids is 1. The maximum atomic E-state index is 13.1. The summed E-state index contributed by atoms with van der Waals surface area (Å²) in [5.74, 6) is 0.985. The number of nitrogens with zero attached hydrogens (tertiary/aromatic N) is 2. The second kappa shape index (κ2) is 5.53. The van der Waals surface area contributed by atoms with Gasteiger partial charge in [-0.2, -0.15) is 5.26 Å². The summed E-state index contributed by atoms with van der Waals surface area (Å²) in [5, 5.41) is 10.9. The molecule has 0 unspecified atom stereocenters. The highest BCUT2D eigenvalue weighted by Crippen LogP contribution is 2.53. The zero-order chi connectivity index (χ0) is 16.9. The van der Waals surface area contributed by atoms with Gasteiger partial charge >= 0.3 is 0 Å². The number of ketones is 1. The van der Waals surface area contributed by atoms with E-state index < -0.39 is 0 Å². The summed E-state index contributed by atoms with van der Waals surface area (Å²) in [5.41, 5.74) is 3.80. The Balaban J connectivity index is 1.95. The Morgan fingerprint density at radius 2 is 2.00 bits per heavy atom. The highest BCUT2D eigenvalue weighted by Gasteiger charge is 2.45. The lowest BCUT2D eigenvalue weighted by molar-refractivity contribution is -0.118. The van der Waals surface area contributed by atoms with Gasteiger partial charge in [0.2, 0.25) is 0 Å². The van der Waals surface area contributed by atoms with E-state index in [1.165, 1.54) is 0 Å². The summed E-state index contributed by atoms with van der Waals surface area (Å²) in [6.45, 7) is 5.23. The molecule has 0 aromatic heterocycles. The Bertz CT molecular complexity index is 814. The van der Waals surface area contributed by atoms with Gasteiger partial charge in [-0.25, -0.2) is 0 Å². The van der Waals surface area contributed by atoms with Gasteiger partial charge in [0.15, 0.2) is 5.78 Å². The number of hydrogen-bond acceptors (Lipinski definition) is 4.